The molecule has 1 atom stereocenters. The van der Waals surface area contributed by atoms with Gasteiger partial charge in [-0.2, -0.15) is 0 Å². The van der Waals surface area contributed by atoms with E-state index in [-0.39, 0.29) is 5.78 Å². The Morgan fingerprint density at radius 2 is 2.06 bits per heavy atom. The number of ether oxygens (including phenoxy) is 1. The molecule has 0 heterocycles. The number of alkyl halides is 1. The fourth-order valence-corrected chi connectivity index (χ4v) is 2.36. The van der Waals surface area contributed by atoms with E-state index in [1.807, 2.05) is 0 Å². The van der Waals surface area contributed by atoms with Gasteiger partial charge >= 0.3 is 0 Å². The molecule has 16 heavy (non-hydrogen) atoms. The van der Waals surface area contributed by atoms with Crippen LogP contribution in [0.4, 0.5) is 4.39 Å². The Balaban J connectivity index is 2.36. The smallest absolute Gasteiger partial charge is 0.146 e. The lowest BCUT2D eigenvalue weighted by Gasteiger charge is -2.24. The zero-order valence-corrected chi connectivity index (χ0v) is 9.33. The molecule has 1 aromatic rings. The van der Waals surface area contributed by atoms with Gasteiger partial charge in [-0.15, -0.1) is 0 Å². The summed E-state index contributed by atoms with van der Waals surface area (Å²) in [5.74, 6) is 0.753. The van der Waals surface area contributed by atoms with Crippen molar-refractivity contribution < 1.29 is 13.9 Å². The van der Waals surface area contributed by atoms with Gasteiger partial charge in [-0.1, -0.05) is 12.1 Å². The summed E-state index contributed by atoms with van der Waals surface area (Å²) in [7, 11) is 1.58. The molecule has 1 aliphatic carbocycles. The van der Waals surface area contributed by atoms with Crippen LogP contribution in [0.3, 0.4) is 0 Å². The number of benzene rings is 1. The lowest BCUT2D eigenvalue weighted by atomic mass is 9.79. The normalized spacial score (nSPS) is 24.8. The summed E-state index contributed by atoms with van der Waals surface area (Å²) < 4.78 is 18.3. The Labute approximate surface area is 94.4 Å². The molecule has 2 nitrogen and oxygen atoms in total. The van der Waals surface area contributed by atoms with E-state index in [0.717, 1.165) is 17.7 Å². The summed E-state index contributed by atoms with van der Waals surface area (Å²) in [6.45, 7) is -0.599. The van der Waals surface area contributed by atoms with Crippen molar-refractivity contribution in [3.05, 3.63) is 29.8 Å². The molecule has 0 N–H and O–H groups in total. The number of hydrogen-bond donors (Lipinski definition) is 0. The maximum absolute atomic E-state index is 13.2. The molecular weight excluding hydrogens is 207 g/mol. The number of rotatable bonds is 3. The molecule has 1 fully saturated rings. The predicted octanol–water partition coefficient (Wildman–Crippen LogP) is 2.66. The van der Waals surface area contributed by atoms with E-state index in [1.165, 1.54) is 0 Å². The molecule has 1 saturated carbocycles. The predicted molar refractivity (Wildman–Crippen MR) is 59.5 cm³/mol. The van der Waals surface area contributed by atoms with Gasteiger partial charge < -0.3 is 4.74 Å². The highest BCUT2D eigenvalue weighted by Crippen LogP contribution is 2.39. The molecule has 0 aliphatic heterocycles. The first-order chi connectivity index (χ1) is 7.73. The molecule has 0 amide bonds. The van der Waals surface area contributed by atoms with E-state index in [4.69, 9.17) is 4.74 Å². The standard InChI is InChI=1S/C13H15FO2/c1-16-11-6-4-10(5-7-11)13(9-14)8-2-3-12(13)15/h4-7H,2-3,8-9H2,1H3. The molecule has 1 aromatic carbocycles. The van der Waals surface area contributed by atoms with E-state index < -0.39 is 12.1 Å². The summed E-state index contributed by atoms with van der Waals surface area (Å²) >= 11 is 0. The van der Waals surface area contributed by atoms with Crippen LogP contribution in [-0.2, 0) is 10.2 Å². The van der Waals surface area contributed by atoms with Crippen LogP contribution >= 0.6 is 0 Å². The molecule has 1 aliphatic rings. The molecule has 0 bridgehead atoms. The second-order valence-electron chi connectivity index (χ2n) is 4.22. The maximum atomic E-state index is 13.2. The fourth-order valence-electron chi connectivity index (χ4n) is 2.36. The summed E-state index contributed by atoms with van der Waals surface area (Å²) in [6.07, 6.45) is 1.90. The van der Waals surface area contributed by atoms with E-state index in [9.17, 15) is 9.18 Å². The van der Waals surface area contributed by atoms with Crippen LogP contribution in [0.1, 0.15) is 24.8 Å². The van der Waals surface area contributed by atoms with Crippen LogP contribution in [0, 0.1) is 0 Å². The highest BCUT2D eigenvalue weighted by molar-refractivity contribution is 5.92. The van der Waals surface area contributed by atoms with Crippen molar-refractivity contribution in [2.24, 2.45) is 0 Å². The van der Waals surface area contributed by atoms with E-state index in [2.05, 4.69) is 0 Å². The van der Waals surface area contributed by atoms with Gasteiger partial charge in [0.05, 0.1) is 12.5 Å². The van der Waals surface area contributed by atoms with Crippen LogP contribution < -0.4 is 4.74 Å². The lowest BCUT2D eigenvalue weighted by Crippen LogP contribution is -2.33. The van der Waals surface area contributed by atoms with Gasteiger partial charge in [-0.3, -0.25) is 4.79 Å². The first kappa shape index (κ1) is 11.1. The summed E-state index contributed by atoms with van der Waals surface area (Å²) in [6, 6.07) is 7.14. The van der Waals surface area contributed by atoms with Crippen molar-refractivity contribution in [3.63, 3.8) is 0 Å². The van der Waals surface area contributed by atoms with Crippen LogP contribution in [0.2, 0.25) is 0 Å². The second-order valence-corrected chi connectivity index (χ2v) is 4.22. The van der Waals surface area contributed by atoms with Crippen LogP contribution in [0.5, 0.6) is 5.75 Å². The average Bonchev–Trinajstić information content (AvgIpc) is 2.72. The average molecular weight is 222 g/mol. The number of ketones is 1. The van der Waals surface area contributed by atoms with Crippen molar-refractivity contribution in [1.29, 1.82) is 0 Å². The van der Waals surface area contributed by atoms with Crippen molar-refractivity contribution in [2.75, 3.05) is 13.8 Å². The highest BCUT2D eigenvalue weighted by atomic mass is 19.1. The quantitative estimate of drug-likeness (QED) is 0.786. The molecule has 0 aromatic heterocycles. The monoisotopic (exact) mass is 222 g/mol. The molecular formula is C13H15FO2. The van der Waals surface area contributed by atoms with Crippen LogP contribution in [-0.4, -0.2) is 19.6 Å². The van der Waals surface area contributed by atoms with Gasteiger partial charge in [0, 0.05) is 6.42 Å². The number of hydrogen-bond acceptors (Lipinski definition) is 2. The number of methoxy groups -OCH3 is 1. The Hall–Kier alpha value is -1.38. The van der Waals surface area contributed by atoms with Gasteiger partial charge in [-0.25, -0.2) is 4.39 Å². The third kappa shape index (κ3) is 1.60. The van der Waals surface area contributed by atoms with Crippen molar-refractivity contribution in [1.82, 2.24) is 0 Å². The molecule has 0 radical (unpaired) electrons. The molecule has 0 saturated heterocycles. The molecule has 3 heteroatoms. The van der Waals surface area contributed by atoms with E-state index in [1.54, 1.807) is 31.4 Å². The van der Waals surface area contributed by atoms with Crippen LogP contribution in [0.25, 0.3) is 0 Å². The van der Waals surface area contributed by atoms with Crippen LogP contribution in [0.15, 0.2) is 24.3 Å². The number of carbonyl (C=O) groups is 1. The SMILES string of the molecule is COc1ccc(C2(CF)CCCC2=O)cc1. The Kier molecular flexibility index (Phi) is 2.95. The maximum Gasteiger partial charge on any atom is 0.146 e. The van der Waals surface area contributed by atoms with Gasteiger partial charge in [0.15, 0.2) is 0 Å². The van der Waals surface area contributed by atoms with E-state index in [0.29, 0.717) is 12.8 Å². The van der Waals surface area contributed by atoms with Crippen molar-refractivity contribution in [3.8, 4) is 5.75 Å². The number of carbonyl (C=O) groups excluding carboxylic acids is 1. The zero-order chi connectivity index (χ0) is 11.6. The van der Waals surface area contributed by atoms with E-state index >= 15 is 0 Å². The summed E-state index contributed by atoms with van der Waals surface area (Å²) in [5.41, 5.74) is -0.106. The van der Waals surface area contributed by atoms with Gasteiger partial charge in [0.25, 0.3) is 0 Å². The molecule has 86 valence electrons. The fraction of sp³-hybridized carbons (Fsp3) is 0.462. The third-order valence-corrected chi connectivity index (χ3v) is 3.41. The highest BCUT2D eigenvalue weighted by Gasteiger charge is 2.43. The summed E-state index contributed by atoms with van der Waals surface area (Å²) in [5, 5.41) is 0. The van der Waals surface area contributed by atoms with Gasteiger partial charge in [0.2, 0.25) is 0 Å². The second kappa shape index (κ2) is 4.24. The largest absolute Gasteiger partial charge is 0.497 e. The first-order valence-electron chi connectivity index (χ1n) is 5.47. The zero-order valence-electron chi connectivity index (χ0n) is 9.33. The molecule has 0 spiro atoms. The minimum Gasteiger partial charge on any atom is -0.497 e. The first-order valence-corrected chi connectivity index (χ1v) is 5.47. The Bertz CT molecular complexity index is 385. The van der Waals surface area contributed by atoms with Gasteiger partial charge in [0.1, 0.15) is 18.2 Å². The topological polar surface area (TPSA) is 26.3 Å². The van der Waals surface area contributed by atoms with Crippen molar-refractivity contribution >= 4 is 5.78 Å². The Morgan fingerprint density at radius 1 is 1.38 bits per heavy atom. The minimum absolute atomic E-state index is 0.0279. The number of halogens is 1. The minimum atomic E-state index is -0.883. The lowest BCUT2D eigenvalue weighted by molar-refractivity contribution is -0.122. The number of Topliss-reactive ketones (excluding diaryl/α,β-unsaturated/α-hetero) is 1. The Morgan fingerprint density at radius 3 is 2.50 bits per heavy atom. The third-order valence-electron chi connectivity index (χ3n) is 3.41. The van der Waals surface area contributed by atoms with Crippen molar-refractivity contribution in [2.45, 2.75) is 24.7 Å². The molecule has 1 unspecified atom stereocenters. The van der Waals surface area contributed by atoms with Gasteiger partial charge in [-0.05, 0) is 30.5 Å². The summed E-state index contributed by atoms with van der Waals surface area (Å²) in [4.78, 5) is 11.8. The molecule has 2 rings (SSSR count).